The van der Waals surface area contributed by atoms with Crippen molar-refractivity contribution in [1.82, 2.24) is 4.98 Å². The number of hydrazone groups is 1. The third kappa shape index (κ3) is 3.73. The van der Waals surface area contributed by atoms with Crippen molar-refractivity contribution >= 4 is 44.0 Å². The number of para-hydroxylation sites is 1. The number of thiazole rings is 1. The topological polar surface area (TPSA) is 66.4 Å². The molecule has 3 aromatic rings. The molecule has 0 aliphatic carbocycles. The Labute approximate surface area is 138 Å². The van der Waals surface area contributed by atoms with Crippen molar-refractivity contribution in [3.05, 3.63) is 54.1 Å². The van der Waals surface area contributed by atoms with Gasteiger partial charge in [-0.15, -0.1) is 0 Å². The van der Waals surface area contributed by atoms with E-state index < -0.39 is 0 Å². The second-order valence-corrected chi connectivity index (χ2v) is 6.08. The summed E-state index contributed by atoms with van der Waals surface area (Å²) in [5, 5.41) is 7.88. The molecule has 116 valence electrons. The van der Waals surface area contributed by atoms with Crippen LogP contribution in [0.1, 0.15) is 19.4 Å². The van der Waals surface area contributed by atoms with Crippen LogP contribution in [0.15, 0.2) is 53.6 Å². The number of anilines is 2. The molecule has 0 fully saturated rings. The Balaban J connectivity index is 1.72. The molecule has 1 aromatic heterocycles. The monoisotopic (exact) mass is 324 g/mol. The average molecular weight is 324 g/mol. The van der Waals surface area contributed by atoms with Crippen LogP contribution in [-0.2, 0) is 4.79 Å². The number of aromatic nitrogens is 1. The molecular weight excluding hydrogens is 308 g/mol. The van der Waals surface area contributed by atoms with Crippen molar-refractivity contribution in [2.75, 3.05) is 10.7 Å². The SMILES string of the molecule is CC(=O)Nc1ccc(C(C)=NNc2nc3ccccc3s2)cc1. The van der Waals surface area contributed by atoms with Crippen molar-refractivity contribution in [3.8, 4) is 0 Å². The fourth-order valence-corrected chi connectivity index (χ4v) is 2.92. The van der Waals surface area contributed by atoms with Crippen molar-refractivity contribution < 1.29 is 4.79 Å². The molecule has 23 heavy (non-hydrogen) atoms. The van der Waals surface area contributed by atoms with Crippen LogP contribution in [0.3, 0.4) is 0 Å². The summed E-state index contributed by atoms with van der Waals surface area (Å²) in [6, 6.07) is 15.5. The fraction of sp³-hybridized carbons (Fsp3) is 0.118. The van der Waals surface area contributed by atoms with Gasteiger partial charge in [-0.05, 0) is 36.8 Å². The van der Waals surface area contributed by atoms with Gasteiger partial charge in [-0.2, -0.15) is 5.10 Å². The molecule has 0 radical (unpaired) electrons. The first-order chi connectivity index (χ1) is 11.1. The molecule has 0 bridgehead atoms. The number of fused-ring (bicyclic) bond motifs is 1. The van der Waals surface area contributed by atoms with Gasteiger partial charge in [0, 0.05) is 12.6 Å². The minimum Gasteiger partial charge on any atom is -0.326 e. The second-order valence-electron chi connectivity index (χ2n) is 5.05. The van der Waals surface area contributed by atoms with Crippen molar-refractivity contribution in [3.63, 3.8) is 0 Å². The van der Waals surface area contributed by atoms with Crippen LogP contribution >= 0.6 is 11.3 Å². The largest absolute Gasteiger partial charge is 0.326 e. The summed E-state index contributed by atoms with van der Waals surface area (Å²) >= 11 is 1.57. The highest BCUT2D eigenvalue weighted by Gasteiger charge is 2.03. The summed E-state index contributed by atoms with van der Waals surface area (Å²) in [6.07, 6.45) is 0. The van der Waals surface area contributed by atoms with Gasteiger partial charge in [0.2, 0.25) is 11.0 Å². The van der Waals surface area contributed by atoms with Crippen LogP contribution in [0.4, 0.5) is 10.8 Å². The lowest BCUT2D eigenvalue weighted by Crippen LogP contribution is -2.06. The Morgan fingerprint density at radius 2 is 1.83 bits per heavy atom. The molecule has 0 aliphatic heterocycles. The molecule has 2 aromatic carbocycles. The Morgan fingerprint density at radius 1 is 1.09 bits per heavy atom. The number of hydrogen-bond acceptors (Lipinski definition) is 5. The number of amides is 1. The zero-order valence-corrected chi connectivity index (χ0v) is 13.6. The fourth-order valence-electron chi connectivity index (χ4n) is 2.11. The first-order valence-corrected chi connectivity index (χ1v) is 7.97. The van der Waals surface area contributed by atoms with E-state index in [2.05, 4.69) is 20.8 Å². The lowest BCUT2D eigenvalue weighted by Gasteiger charge is -2.04. The van der Waals surface area contributed by atoms with Gasteiger partial charge < -0.3 is 5.32 Å². The number of nitrogens with zero attached hydrogens (tertiary/aromatic N) is 2. The second kappa shape index (κ2) is 6.58. The summed E-state index contributed by atoms with van der Waals surface area (Å²) in [5.41, 5.74) is 6.57. The van der Waals surface area contributed by atoms with Gasteiger partial charge in [0.05, 0.1) is 15.9 Å². The summed E-state index contributed by atoms with van der Waals surface area (Å²) in [6.45, 7) is 3.41. The predicted molar refractivity (Wildman–Crippen MR) is 96.2 cm³/mol. The number of nitrogens with one attached hydrogen (secondary N) is 2. The lowest BCUT2D eigenvalue weighted by molar-refractivity contribution is -0.114. The van der Waals surface area contributed by atoms with Crippen LogP contribution in [-0.4, -0.2) is 16.6 Å². The van der Waals surface area contributed by atoms with Gasteiger partial charge in [0.1, 0.15) is 0 Å². The maximum Gasteiger partial charge on any atom is 0.221 e. The smallest absolute Gasteiger partial charge is 0.221 e. The van der Waals surface area contributed by atoms with Gasteiger partial charge in [-0.1, -0.05) is 35.6 Å². The Hall–Kier alpha value is -2.73. The maximum atomic E-state index is 11.0. The van der Waals surface area contributed by atoms with Crippen molar-refractivity contribution in [2.24, 2.45) is 5.10 Å². The first kappa shape index (κ1) is 15.2. The Morgan fingerprint density at radius 3 is 2.52 bits per heavy atom. The lowest BCUT2D eigenvalue weighted by atomic mass is 10.1. The van der Waals surface area contributed by atoms with Crippen molar-refractivity contribution in [1.29, 1.82) is 0 Å². The van der Waals surface area contributed by atoms with E-state index in [0.29, 0.717) is 0 Å². The molecule has 2 N–H and O–H groups in total. The molecular formula is C17H16N4OS. The molecule has 0 unspecified atom stereocenters. The van der Waals surface area contributed by atoms with E-state index in [1.165, 1.54) is 6.92 Å². The highest BCUT2D eigenvalue weighted by molar-refractivity contribution is 7.22. The third-order valence-corrected chi connectivity index (χ3v) is 4.18. The summed E-state index contributed by atoms with van der Waals surface area (Å²) in [7, 11) is 0. The molecule has 0 atom stereocenters. The normalized spacial score (nSPS) is 11.5. The molecule has 0 aliphatic rings. The van der Waals surface area contributed by atoms with Gasteiger partial charge >= 0.3 is 0 Å². The Kier molecular flexibility index (Phi) is 4.34. The molecule has 0 saturated heterocycles. The summed E-state index contributed by atoms with van der Waals surface area (Å²) in [5.74, 6) is -0.0827. The number of benzene rings is 2. The highest BCUT2D eigenvalue weighted by atomic mass is 32.1. The quantitative estimate of drug-likeness (QED) is 0.561. The van der Waals surface area contributed by atoms with Crippen LogP contribution in [0, 0.1) is 0 Å². The predicted octanol–water partition coefficient (Wildman–Crippen LogP) is 4.09. The van der Waals surface area contributed by atoms with Crippen LogP contribution in [0.25, 0.3) is 10.2 Å². The van der Waals surface area contributed by atoms with E-state index in [0.717, 1.165) is 32.3 Å². The third-order valence-electron chi connectivity index (χ3n) is 3.24. The van der Waals surface area contributed by atoms with Gasteiger partial charge in [0.15, 0.2) is 0 Å². The average Bonchev–Trinajstić information content (AvgIpc) is 2.95. The molecule has 0 spiro atoms. The van der Waals surface area contributed by atoms with Crippen LogP contribution in [0.5, 0.6) is 0 Å². The van der Waals surface area contributed by atoms with Gasteiger partial charge in [0.25, 0.3) is 0 Å². The number of carbonyl (C=O) groups is 1. The van der Waals surface area contributed by atoms with E-state index in [9.17, 15) is 4.79 Å². The van der Waals surface area contributed by atoms with E-state index in [4.69, 9.17) is 0 Å². The van der Waals surface area contributed by atoms with Gasteiger partial charge in [-0.25, -0.2) is 4.98 Å². The van der Waals surface area contributed by atoms with Crippen LogP contribution < -0.4 is 10.7 Å². The summed E-state index contributed by atoms with van der Waals surface area (Å²) < 4.78 is 1.13. The molecule has 1 heterocycles. The highest BCUT2D eigenvalue weighted by Crippen LogP contribution is 2.25. The van der Waals surface area contributed by atoms with E-state index >= 15 is 0 Å². The zero-order valence-electron chi connectivity index (χ0n) is 12.8. The molecule has 3 rings (SSSR count). The zero-order chi connectivity index (χ0) is 16.2. The molecule has 1 amide bonds. The minimum atomic E-state index is -0.0827. The first-order valence-electron chi connectivity index (χ1n) is 7.16. The number of hydrogen-bond donors (Lipinski definition) is 2. The maximum absolute atomic E-state index is 11.0. The summed E-state index contributed by atoms with van der Waals surface area (Å²) in [4.78, 5) is 15.5. The molecule has 5 nitrogen and oxygen atoms in total. The van der Waals surface area contributed by atoms with E-state index in [1.54, 1.807) is 11.3 Å². The molecule has 6 heteroatoms. The Bertz CT molecular complexity index is 835. The number of rotatable bonds is 4. The van der Waals surface area contributed by atoms with Crippen LogP contribution in [0.2, 0.25) is 0 Å². The number of carbonyl (C=O) groups excluding carboxylic acids is 1. The molecule has 0 saturated carbocycles. The van der Waals surface area contributed by atoms with E-state index in [1.807, 2.05) is 55.5 Å². The van der Waals surface area contributed by atoms with Gasteiger partial charge in [-0.3, -0.25) is 10.2 Å². The standard InChI is InChI=1S/C17H16N4OS/c1-11(13-7-9-14(10-8-13)18-12(2)22)20-21-17-19-15-5-3-4-6-16(15)23-17/h3-10H,1-2H3,(H,18,22)(H,19,21). The minimum absolute atomic E-state index is 0.0827. The van der Waals surface area contributed by atoms with Crippen molar-refractivity contribution in [2.45, 2.75) is 13.8 Å². The van der Waals surface area contributed by atoms with E-state index in [-0.39, 0.29) is 5.91 Å².